The lowest BCUT2D eigenvalue weighted by atomic mass is 10.2. The average molecular weight is 381 g/mol. The number of rotatable bonds is 7. The zero-order valence-electron chi connectivity index (χ0n) is 13.3. The van der Waals surface area contributed by atoms with Crippen LogP contribution < -0.4 is 4.74 Å². The maximum Gasteiger partial charge on any atom is 0.341 e. The predicted octanol–water partition coefficient (Wildman–Crippen LogP) is 2.79. The number of esters is 1. The van der Waals surface area contributed by atoms with Gasteiger partial charge >= 0.3 is 11.7 Å². The molecule has 0 spiro atoms. The highest BCUT2D eigenvalue weighted by Gasteiger charge is 2.26. The Morgan fingerprint density at radius 2 is 1.65 bits per heavy atom. The minimum atomic E-state index is -4.70. The van der Waals surface area contributed by atoms with Crippen LogP contribution in [0.15, 0.2) is 53.4 Å². The predicted molar refractivity (Wildman–Crippen MR) is 86.6 cm³/mol. The van der Waals surface area contributed by atoms with Gasteiger partial charge in [-0.25, -0.2) is 13.2 Å². The van der Waals surface area contributed by atoms with E-state index in [4.69, 9.17) is 14.7 Å². The molecule has 0 fully saturated rings. The van der Waals surface area contributed by atoms with Crippen molar-refractivity contribution < 1.29 is 31.5 Å². The van der Waals surface area contributed by atoms with Crippen molar-refractivity contribution in [2.24, 2.45) is 0 Å². The average Bonchev–Trinajstić information content (AvgIpc) is 2.65. The van der Waals surface area contributed by atoms with E-state index in [0.717, 1.165) is 24.3 Å². The van der Waals surface area contributed by atoms with Gasteiger partial charge in [0.15, 0.2) is 0 Å². The Balaban J connectivity index is 1.85. The lowest BCUT2D eigenvalue weighted by molar-refractivity contribution is 0.0450. The van der Waals surface area contributed by atoms with Gasteiger partial charge in [-0.1, -0.05) is 0 Å². The molecule has 0 aliphatic carbocycles. The van der Waals surface area contributed by atoms with Crippen LogP contribution in [-0.2, 0) is 14.6 Å². The number of benzene rings is 2. The summed E-state index contributed by atoms with van der Waals surface area (Å²) in [7, 11) is -4.70. The normalized spacial score (nSPS) is 11.0. The summed E-state index contributed by atoms with van der Waals surface area (Å²) in [4.78, 5) is 11.2. The first-order chi connectivity index (χ1) is 12.3. The van der Waals surface area contributed by atoms with Gasteiger partial charge in [-0.3, -0.25) is 0 Å². The van der Waals surface area contributed by atoms with Gasteiger partial charge < -0.3 is 9.47 Å². The van der Waals surface area contributed by atoms with Crippen molar-refractivity contribution in [3.05, 3.63) is 59.7 Å². The maximum absolute atomic E-state index is 12.4. The van der Waals surface area contributed by atoms with Crippen molar-refractivity contribution in [1.29, 1.82) is 5.26 Å². The van der Waals surface area contributed by atoms with Crippen LogP contribution in [0.5, 0.6) is 5.75 Å². The number of hydrogen-bond donors (Lipinski definition) is 0. The molecule has 6 nitrogen and oxygen atoms in total. The van der Waals surface area contributed by atoms with Crippen molar-refractivity contribution in [3.8, 4) is 11.8 Å². The van der Waals surface area contributed by atoms with Gasteiger partial charge in [0, 0.05) is 0 Å². The number of carbonyl (C=O) groups is 1. The molecule has 0 aliphatic heterocycles. The lowest BCUT2D eigenvalue weighted by Gasteiger charge is -2.08. The summed E-state index contributed by atoms with van der Waals surface area (Å²) in [5.41, 5.74) is 0.512. The fourth-order valence-corrected chi connectivity index (χ4v) is 2.61. The van der Waals surface area contributed by atoms with Gasteiger partial charge in [-0.05, 0) is 48.5 Å². The minimum absolute atomic E-state index is 0.0246. The summed E-state index contributed by atoms with van der Waals surface area (Å²) in [6, 6.07) is 12.4. The highest BCUT2D eigenvalue weighted by atomic mass is 32.2. The van der Waals surface area contributed by atoms with Gasteiger partial charge in [0.25, 0.3) is 0 Å². The molecule has 0 saturated carbocycles. The van der Waals surface area contributed by atoms with Crippen LogP contribution in [0.25, 0.3) is 0 Å². The summed E-state index contributed by atoms with van der Waals surface area (Å²) >= 11 is 0. The Kier molecular flexibility index (Phi) is 6.25. The van der Waals surface area contributed by atoms with E-state index >= 15 is 0 Å². The number of nitrogens with zero attached hydrogens (tertiary/aromatic N) is 1. The molecule has 2 aromatic carbocycles. The molecule has 26 heavy (non-hydrogen) atoms. The minimum Gasteiger partial charge on any atom is -0.490 e. The molecule has 0 heterocycles. The van der Waals surface area contributed by atoms with Crippen LogP contribution in [0, 0.1) is 11.3 Å². The van der Waals surface area contributed by atoms with Gasteiger partial charge in [0.1, 0.15) is 19.0 Å². The maximum atomic E-state index is 12.4. The third-order valence-electron chi connectivity index (χ3n) is 3.22. The van der Waals surface area contributed by atoms with E-state index in [2.05, 4.69) is 0 Å². The summed E-state index contributed by atoms with van der Waals surface area (Å²) in [6.45, 7) is -0.00853. The molecule has 0 atom stereocenters. The summed E-state index contributed by atoms with van der Waals surface area (Å²) in [5, 5.41) is 8.68. The van der Waals surface area contributed by atoms with E-state index in [1.165, 1.54) is 0 Å². The van der Waals surface area contributed by atoms with E-state index in [-0.39, 0.29) is 18.8 Å². The molecular formula is C17H13F2NO5S. The van der Waals surface area contributed by atoms with Crippen LogP contribution in [0.3, 0.4) is 0 Å². The number of ether oxygens (including phenoxy) is 2. The van der Waals surface area contributed by atoms with Crippen molar-refractivity contribution in [1.82, 2.24) is 0 Å². The summed E-state index contributed by atoms with van der Waals surface area (Å²) in [6.07, 6.45) is 0. The quantitative estimate of drug-likeness (QED) is 0.541. The third kappa shape index (κ3) is 4.77. The Hall–Kier alpha value is -2.99. The topological polar surface area (TPSA) is 93.5 Å². The van der Waals surface area contributed by atoms with Crippen LogP contribution in [0.2, 0.25) is 0 Å². The van der Waals surface area contributed by atoms with Crippen molar-refractivity contribution in [2.45, 2.75) is 10.7 Å². The first-order valence-electron chi connectivity index (χ1n) is 7.27. The fourth-order valence-electron chi connectivity index (χ4n) is 1.89. The molecule has 0 saturated heterocycles. The van der Waals surface area contributed by atoms with Crippen molar-refractivity contribution in [3.63, 3.8) is 0 Å². The van der Waals surface area contributed by atoms with Crippen molar-refractivity contribution in [2.75, 3.05) is 13.2 Å². The molecule has 0 N–H and O–H groups in total. The molecule has 2 rings (SSSR count). The number of nitriles is 1. The monoisotopic (exact) mass is 381 g/mol. The molecule has 0 bridgehead atoms. The van der Waals surface area contributed by atoms with Crippen LogP contribution in [-0.4, -0.2) is 33.4 Å². The van der Waals surface area contributed by atoms with Crippen molar-refractivity contribution >= 4 is 15.8 Å². The first kappa shape index (κ1) is 19.3. The highest BCUT2D eigenvalue weighted by Crippen LogP contribution is 2.19. The number of alkyl halides is 2. The Morgan fingerprint density at radius 3 is 2.19 bits per heavy atom. The highest BCUT2D eigenvalue weighted by molar-refractivity contribution is 7.91. The number of carbonyl (C=O) groups excluding carboxylic acids is 1. The summed E-state index contributed by atoms with van der Waals surface area (Å²) in [5.74, 6) is -3.77. The Labute approximate surface area is 148 Å². The molecule has 9 heteroatoms. The van der Waals surface area contributed by atoms with Gasteiger partial charge in [-0.2, -0.15) is 14.0 Å². The number of hydrogen-bond acceptors (Lipinski definition) is 6. The number of halogens is 2. The molecule has 2 aromatic rings. The number of sulfone groups is 1. The van der Waals surface area contributed by atoms with Gasteiger partial charge in [0.2, 0.25) is 9.84 Å². The molecular weight excluding hydrogens is 368 g/mol. The molecule has 0 aliphatic rings. The third-order valence-corrected chi connectivity index (χ3v) is 4.62. The molecule has 136 valence electrons. The largest absolute Gasteiger partial charge is 0.490 e. The van der Waals surface area contributed by atoms with E-state index in [1.54, 1.807) is 24.3 Å². The second kappa shape index (κ2) is 8.40. The second-order valence-electron chi connectivity index (χ2n) is 4.95. The SMILES string of the molecule is N#Cc1ccc(OCCOC(=O)c2ccc(S(=O)(=O)C(F)F)cc2)cc1. The summed E-state index contributed by atoms with van der Waals surface area (Å²) < 4.78 is 57.8. The van der Waals surface area contributed by atoms with E-state index in [0.29, 0.717) is 11.3 Å². The molecule has 0 radical (unpaired) electrons. The zero-order valence-corrected chi connectivity index (χ0v) is 14.1. The smallest absolute Gasteiger partial charge is 0.341 e. The van der Waals surface area contributed by atoms with Crippen LogP contribution >= 0.6 is 0 Å². The van der Waals surface area contributed by atoms with E-state index in [9.17, 15) is 22.0 Å². The van der Waals surface area contributed by atoms with Gasteiger partial charge in [-0.15, -0.1) is 0 Å². The fraction of sp³-hybridized carbons (Fsp3) is 0.176. The Morgan fingerprint density at radius 1 is 1.04 bits per heavy atom. The zero-order chi connectivity index (χ0) is 19.2. The van der Waals surface area contributed by atoms with Crippen LogP contribution in [0.1, 0.15) is 15.9 Å². The standard InChI is InChI=1S/C17H13F2NO5S/c18-17(19)26(22,23)15-7-3-13(4-8-15)16(21)25-10-9-24-14-5-1-12(11-20)2-6-14/h1-8,17H,9-10H2. The van der Waals surface area contributed by atoms with Crippen LogP contribution in [0.4, 0.5) is 8.78 Å². The van der Waals surface area contributed by atoms with Gasteiger partial charge in [0.05, 0.1) is 22.1 Å². The molecule has 0 unspecified atom stereocenters. The molecule has 0 amide bonds. The Bertz CT molecular complexity index is 904. The van der Waals surface area contributed by atoms with E-state index < -0.39 is 26.5 Å². The van der Waals surface area contributed by atoms with E-state index in [1.807, 2.05) is 6.07 Å². The molecule has 0 aromatic heterocycles. The first-order valence-corrected chi connectivity index (χ1v) is 8.81. The lowest BCUT2D eigenvalue weighted by Crippen LogP contribution is -2.14. The second-order valence-corrected chi connectivity index (χ2v) is 6.87.